The smallest absolute Gasteiger partial charge is 0.161 e. The van der Waals surface area contributed by atoms with Crippen molar-refractivity contribution in [3.8, 4) is 0 Å². The number of benzene rings is 1. The quantitative estimate of drug-likeness (QED) is 0.785. The molecule has 2 aromatic rings. The molecule has 0 unspecified atom stereocenters. The Morgan fingerprint density at radius 2 is 1.91 bits per heavy atom. The Bertz CT molecular complexity index is 771. The second-order valence-corrected chi connectivity index (χ2v) is 6.22. The van der Waals surface area contributed by atoms with Crippen LogP contribution in [0.1, 0.15) is 28.7 Å². The monoisotopic (exact) mass is 322 g/mol. The van der Waals surface area contributed by atoms with Crippen LogP contribution in [0, 0.1) is 17.5 Å². The van der Waals surface area contributed by atoms with Crippen molar-refractivity contribution in [2.75, 3.05) is 6.54 Å². The number of nitrogens with zero attached hydrogens (tertiary/aromatic N) is 2. The topological polar surface area (TPSA) is 55.9 Å². The van der Waals surface area contributed by atoms with Crippen molar-refractivity contribution in [1.82, 2.24) is 14.9 Å². The van der Waals surface area contributed by atoms with Gasteiger partial charge in [0.2, 0.25) is 0 Å². The maximum atomic E-state index is 14.1. The first kappa shape index (κ1) is 14.7. The van der Waals surface area contributed by atoms with Gasteiger partial charge >= 0.3 is 0 Å². The van der Waals surface area contributed by atoms with Gasteiger partial charge in [0.15, 0.2) is 11.6 Å². The summed E-state index contributed by atoms with van der Waals surface area (Å²) in [5.74, 6) is -2.42. The molecule has 2 heterocycles. The van der Waals surface area contributed by atoms with Crippen LogP contribution >= 0.6 is 0 Å². The molecule has 1 aliphatic heterocycles. The van der Waals surface area contributed by atoms with Crippen LogP contribution in [0.4, 0.5) is 13.2 Å². The van der Waals surface area contributed by atoms with Crippen LogP contribution in [-0.4, -0.2) is 22.1 Å². The second-order valence-electron chi connectivity index (χ2n) is 6.22. The number of nitrogens with two attached hydrogens (primary N) is 1. The highest BCUT2D eigenvalue weighted by atomic mass is 19.2. The molecule has 2 aliphatic rings. The van der Waals surface area contributed by atoms with Crippen molar-refractivity contribution < 1.29 is 13.2 Å². The molecule has 3 N–H and O–H groups in total. The average Bonchev–Trinajstić information content (AvgIpc) is 2.88. The number of nitrogens with one attached hydrogen (secondary N) is 1. The molecule has 23 heavy (non-hydrogen) atoms. The predicted molar refractivity (Wildman–Crippen MR) is 78.4 cm³/mol. The third-order valence-corrected chi connectivity index (χ3v) is 4.83. The molecule has 0 bridgehead atoms. The van der Waals surface area contributed by atoms with Gasteiger partial charge in [-0.2, -0.15) is 0 Å². The summed E-state index contributed by atoms with van der Waals surface area (Å²) in [6.45, 7) is 2.42. The zero-order valence-corrected chi connectivity index (χ0v) is 12.5. The highest BCUT2D eigenvalue weighted by Crippen LogP contribution is 2.34. The van der Waals surface area contributed by atoms with Crippen LogP contribution < -0.4 is 11.1 Å². The van der Waals surface area contributed by atoms with E-state index in [9.17, 15) is 13.2 Å². The fraction of sp³-hybridized carbons (Fsp3) is 0.438. The summed E-state index contributed by atoms with van der Waals surface area (Å²) in [5, 5.41) is 3.26. The lowest BCUT2D eigenvalue weighted by molar-refractivity contribution is 0.433. The lowest BCUT2D eigenvalue weighted by Gasteiger charge is -2.30. The van der Waals surface area contributed by atoms with E-state index in [2.05, 4.69) is 14.9 Å². The van der Waals surface area contributed by atoms with Crippen molar-refractivity contribution in [1.29, 1.82) is 0 Å². The zero-order chi connectivity index (χ0) is 16.1. The van der Waals surface area contributed by atoms with Crippen LogP contribution in [0.5, 0.6) is 0 Å². The summed E-state index contributed by atoms with van der Waals surface area (Å²) in [6.07, 6.45) is 1.00. The molecule has 4 nitrogen and oxygen atoms in total. The highest BCUT2D eigenvalue weighted by molar-refractivity contribution is 5.33. The first-order valence-electron chi connectivity index (χ1n) is 7.72. The minimum atomic E-state index is -1.18. The largest absolute Gasteiger partial charge is 0.329 e. The minimum Gasteiger partial charge on any atom is -0.329 e. The normalized spacial score (nSPS) is 23.5. The van der Waals surface area contributed by atoms with E-state index in [0.717, 1.165) is 36.4 Å². The minimum absolute atomic E-state index is 0.131. The number of aromatic nitrogens is 2. The SMILES string of the molecule is N[C@H]1Cc2c(nc3n2CCNC3)C[C@@H]1c1cc(F)c(F)cc1F. The van der Waals surface area contributed by atoms with Gasteiger partial charge < -0.3 is 15.6 Å². The molecule has 0 saturated carbocycles. The van der Waals surface area contributed by atoms with Crippen LogP contribution in [0.15, 0.2) is 12.1 Å². The third kappa shape index (κ3) is 2.35. The molecule has 0 amide bonds. The summed E-state index contributed by atoms with van der Waals surface area (Å²) in [7, 11) is 0. The summed E-state index contributed by atoms with van der Waals surface area (Å²) in [6, 6.07) is 1.17. The van der Waals surface area contributed by atoms with E-state index in [1.54, 1.807) is 0 Å². The summed E-state index contributed by atoms with van der Waals surface area (Å²) < 4.78 is 42.9. The van der Waals surface area contributed by atoms with E-state index in [4.69, 9.17) is 5.73 Å². The number of imidazole rings is 1. The van der Waals surface area contributed by atoms with Gasteiger partial charge in [0.25, 0.3) is 0 Å². The van der Waals surface area contributed by atoms with Crippen LogP contribution in [0.25, 0.3) is 0 Å². The van der Waals surface area contributed by atoms with Crippen molar-refractivity contribution in [3.05, 3.63) is 52.4 Å². The highest BCUT2D eigenvalue weighted by Gasteiger charge is 2.34. The molecular formula is C16H17F3N4. The molecule has 0 saturated heterocycles. The molecule has 0 fully saturated rings. The third-order valence-electron chi connectivity index (χ3n) is 4.83. The van der Waals surface area contributed by atoms with Gasteiger partial charge in [-0.05, 0) is 18.1 Å². The average molecular weight is 322 g/mol. The predicted octanol–water partition coefficient (Wildman–Crippen LogP) is 1.61. The molecule has 2 atom stereocenters. The molecule has 1 aromatic carbocycles. The molecule has 7 heteroatoms. The van der Waals surface area contributed by atoms with Crippen LogP contribution in [0.2, 0.25) is 0 Å². The van der Waals surface area contributed by atoms with Gasteiger partial charge in [0, 0.05) is 43.2 Å². The summed E-state index contributed by atoms with van der Waals surface area (Å²) in [5.41, 5.74) is 8.35. The van der Waals surface area contributed by atoms with Crippen LogP contribution in [-0.2, 0) is 25.9 Å². The van der Waals surface area contributed by atoms with E-state index in [1.807, 2.05) is 0 Å². The standard InChI is InChI=1S/C16H17F3N4/c17-10-5-12(19)11(18)3-8(10)9-4-14-15(6-13(9)20)23-2-1-21-7-16(23)22-14/h3,5,9,13,21H,1-2,4,6-7,20H2/t9-,13+/m1/s1. The van der Waals surface area contributed by atoms with Gasteiger partial charge in [0.05, 0.1) is 12.2 Å². The van der Waals surface area contributed by atoms with Crippen molar-refractivity contribution in [2.45, 2.75) is 37.9 Å². The number of fused-ring (bicyclic) bond motifs is 3. The van der Waals surface area contributed by atoms with Gasteiger partial charge in [-0.25, -0.2) is 18.2 Å². The fourth-order valence-corrected chi connectivity index (χ4v) is 3.66. The Balaban J connectivity index is 1.73. The Kier molecular flexibility index (Phi) is 3.42. The van der Waals surface area contributed by atoms with Crippen molar-refractivity contribution >= 4 is 0 Å². The van der Waals surface area contributed by atoms with E-state index in [-0.39, 0.29) is 11.6 Å². The second kappa shape index (κ2) is 5.35. The van der Waals surface area contributed by atoms with Gasteiger partial charge in [-0.3, -0.25) is 0 Å². The molecular weight excluding hydrogens is 305 g/mol. The van der Waals surface area contributed by atoms with E-state index in [1.165, 1.54) is 0 Å². The maximum Gasteiger partial charge on any atom is 0.161 e. The molecule has 122 valence electrons. The van der Waals surface area contributed by atoms with Crippen molar-refractivity contribution in [3.63, 3.8) is 0 Å². The lowest BCUT2D eigenvalue weighted by atomic mass is 9.80. The van der Waals surface area contributed by atoms with Crippen molar-refractivity contribution in [2.24, 2.45) is 5.73 Å². The van der Waals surface area contributed by atoms with Gasteiger partial charge in [0.1, 0.15) is 11.6 Å². The molecule has 1 aliphatic carbocycles. The Hall–Kier alpha value is -1.86. The van der Waals surface area contributed by atoms with E-state index < -0.39 is 23.4 Å². The van der Waals surface area contributed by atoms with Gasteiger partial charge in [-0.1, -0.05) is 0 Å². The van der Waals surface area contributed by atoms with E-state index >= 15 is 0 Å². The zero-order valence-electron chi connectivity index (χ0n) is 12.5. The molecule has 0 radical (unpaired) electrons. The van der Waals surface area contributed by atoms with Crippen LogP contribution in [0.3, 0.4) is 0 Å². The first-order valence-corrected chi connectivity index (χ1v) is 7.72. The fourth-order valence-electron chi connectivity index (χ4n) is 3.66. The molecule has 1 aromatic heterocycles. The Morgan fingerprint density at radius 1 is 1.13 bits per heavy atom. The number of hydrogen-bond donors (Lipinski definition) is 2. The Labute approximate surface area is 131 Å². The van der Waals surface area contributed by atoms with E-state index in [0.29, 0.717) is 25.5 Å². The number of halogens is 3. The first-order chi connectivity index (χ1) is 11.0. The lowest BCUT2D eigenvalue weighted by Crippen LogP contribution is -2.38. The summed E-state index contributed by atoms with van der Waals surface area (Å²) in [4.78, 5) is 4.63. The number of hydrogen-bond acceptors (Lipinski definition) is 3. The Morgan fingerprint density at radius 3 is 2.74 bits per heavy atom. The number of rotatable bonds is 1. The summed E-state index contributed by atoms with van der Waals surface area (Å²) >= 11 is 0. The molecule has 4 rings (SSSR count). The van der Waals surface area contributed by atoms with Gasteiger partial charge in [-0.15, -0.1) is 0 Å². The maximum absolute atomic E-state index is 14.1. The molecule has 0 spiro atoms.